The predicted molar refractivity (Wildman–Crippen MR) is 138 cm³/mol. The van der Waals surface area contributed by atoms with Gasteiger partial charge in [-0.25, -0.2) is 18.0 Å². The van der Waals surface area contributed by atoms with Crippen LogP contribution in [-0.2, 0) is 4.79 Å². The Hall–Kier alpha value is -3.73. The second-order valence-corrected chi connectivity index (χ2v) is 9.95. The van der Waals surface area contributed by atoms with Crippen molar-refractivity contribution in [3.63, 3.8) is 0 Å². The smallest absolute Gasteiger partial charge is 0.387 e. The molecular weight excluding hydrogens is 559 g/mol. The Morgan fingerprint density at radius 3 is 2.33 bits per heavy atom. The molecule has 1 atom stereocenters. The van der Waals surface area contributed by atoms with Gasteiger partial charge in [-0.1, -0.05) is 17.7 Å². The Kier molecular flexibility index (Phi) is 8.92. The molecule has 40 heavy (non-hydrogen) atoms. The number of hydrogen-bond acceptors (Lipinski definition) is 4. The molecule has 1 heterocycles. The van der Waals surface area contributed by atoms with Crippen molar-refractivity contribution in [3.05, 3.63) is 76.8 Å². The molecule has 12 heteroatoms. The molecule has 3 aromatic rings. The number of ether oxygens (including phenoxy) is 1. The van der Waals surface area contributed by atoms with E-state index in [-0.39, 0.29) is 65.4 Å². The number of aromatic carboxylic acids is 1. The molecular formula is C28H24ClF5N2O4. The van der Waals surface area contributed by atoms with E-state index in [9.17, 15) is 31.5 Å². The summed E-state index contributed by atoms with van der Waals surface area (Å²) in [6.07, 6.45) is 1.23. The summed E-state index contributed by atoms with van der Waals surface area (Å²) in [6, 6.07) is 10.5. The molecule has 1 amide bonds. The number of carbonyl (C=O) groups is 2. The summed E-state index contributed by atoms with van der Waals surface area (Å²) >= 11 is 5.85. The van der Waals surface area contributed by atoms with Gasteiger partial charge in [0, 0.05) is 30.3 Å². The van der Waals surface area contributed by atoms with E-state index >= 15 is 0 Å². The minimum absolute atomic E-state index is 0.0263. The number of anilines is 1. The van der Waals surface area contributed by atoms with Gasteiger partial charge in [0.1, 0.15) is 5.75 Å². The van der Waals surface area contributed by atoms with E-state index in [4.69, 9.17) is 16.7 Å². The Balaban J connectivity index is 1.63. The predicted octanol–water partition coefficient (Wildman–Crippen LogP) is 7.78. The number of rotatable bonds is 9. The highest BCUT2D eigenvalue weighted by atomic mass is 35.5. The number of nitrogens with zero attached hydrogens (tertiary/aromatic N) is 1. The van der Waals surface area contributed by atoms with Gasteiger partial charge in [0.15, 0.2) is 5.82 Å². The second kappa shape index (κ2) is 12.2. The second-order valence-electron chi connectivity index (χ2n) is 9.54. The number of amides is 1. The summed E-state index contributed by atoms with van der Waals surface area (Å²) in [5, 5.41) is 11.5. The SMILES string of the molecule is O=C(O)c1ccc(NC(=O)C(CC2CCC(F)(F)CC2)c2ccc(-c3c(OC(F)F)ccc(Cl)c3F)cn2)cc1. The number of hydrogen-bond donors (Lipinski definition) is 2. The molecule has 0 aliphatic heterocycles. The zero-order valence-electron chi connectivity index (χ0n) is 20.9. The van der Waals surface area contributed by atoms with Crippen molar-refractivity contribution in [1.29, 1.82) is 0 Å². The van der Waals surface area contributed by atoms with Crippen molar-refractivity contribution in [2.45, 2.75) is 50.6 Å². The molecule has 2 N–H and O–H groups in total. The van der Waals surface area contributed by atoms with E-state index in [0.29, 0.717) is 5.69 Å². The lowest BCUT2D eigenvalue weighted by molar-refractivity contribution is -0.118. The number of alkyl halides is 4. The van der Waals surface area contributed by atoms with Gasteiger partial charge in [-0.3, -0.25) is 9.78 Å². The highest BCUT2D eigenvalue weighted by Gasteiger charge is 2.37. The number of nitrogens with one attached hydrogen (secondary N) is 1. The van der Waals surface area contributed by atoms with Crippen LogP contribution in [0.25, 0.3) is 11.1 Å². The molecule has 0 saturated heterocycles. The third-order valence-electron chi connectivity index (χ3n) is 6.83. The van der Waals surface area contributed by atoms with Crippen LogP contribution in [0.1, 0.15) is 54.1 Å². The van der Waals surface area contributed by atoms with Crippen LogP contribution in [0.4, 0.5) is 27.6 Å². The van der Waals surface area contributed by atoms with Crippen LogP contribution in [-0.4, -0.2) is 34.5 Å². The van der Waals surface area contributed by atoms with E-state index in [1.165, 1.54) is 42.6 Å². The summed E-state index contributed by atoms with van der Waals surface area (Å²) in [5.74, 6) is -6.92. The maximum absolute atomic E-state index is 14.8. The number of benzene rings is 2. The molecule has 212 valence electrons. The third-order valence-corrected chi connectivity index (χ3v) is 7.12. The highest BCUT2D eigenvalue weighted by molar-refractivity contribution is 6.31. The topological polar surface area (TPSA) is 88.5 Å². The zero-order valence-corrected chi connectivity index (χ0v) is 21.6. The van der Waals surface area contributed by atoms with Crippen molar-refractivity contribution in [1.82, 2.24) is 4.98 Å². The summed E-state index contributed by atoms with van der Waals surface area (Å²) in [7, 11) is 0. The highest BCUT2D eigenvalue weighted by Crippen LogP contribution is 2.41. The van der Waals surface area contributed by atoms with Gasteiger partial charge in [-0.2, -0.15) is 8.78 Å². The summed E-state index contributed by atoms with van der Waals surface area (Å²) in [4.78, 5) is 28.8. The molecule has 2 aromatic carbocycles. The number of pyridine rings is 1. The first kappa shape index (κ1) is 29.3. The van der Waals surface area contributed by atoms with Crippen LogP contribution in [0.5, 0.6) is 5.75 Å². The fourth-order valence-corrected chi connectivity index (χ4v) is 4.87. The number of aromatic nitrogens is 1. The third kappa shape index (κ3) is 7.07. The van der Waals surface area contributed by atoms with E-state index in [2.05, 4.69) is 15.0 Å². The fraction of sp³-hybridized carbons (Fsp3) is 0.321. The van der Waals surface area contributed by atoms with Crippen molar-refractivity contribution in [2.75, 3.05) is 5.32 Å². The molecule has 1 aliphatic rings. The quantitative estimate of drug-likeness (QED) is 0.252. The van der Waals surface area contributed by atoms with Crippen LogP contribution < -0.4 is 10.1 Å². The van der Waals surface area contributed by atoms with E-state index in [1.807, 2.05) is 0 Å². The Morgan fingerprint density at radius 2 is 1.75 bits per heavy atom. The number of carbonyl (C=O) groups excluding carboxylic acids is 1. The monoisotopic (exact) mass is 582 g/mol. The van der Waals surface area contributed by atoms with Crippen molar-refractivity contribution < 1.29 is 41.4 Å². The molecule has 1 fully saturated rings. The van der Waals surface area contributed by atoms with Crippen LogP contribution >= 0.6 is 11.6 Å². The molecule has 1 unspecified atom stereocenters. The molecule has 6 nitrogen and oxygen atoms in total. The van der Waals surface area contributed by atoms with Gasteiger partial charge in [-0.05, 0) is 67.6 Å². The van der Waals surface area contributed by atoms with Crippen LogP contribution in [0.3, 0.4) is 0 Å². The first-order chi connectivity index (χ1) is 18.9. The lowest BCUT2D eigenvalue weighted by Gasteiger charge is -2.30. The molecule has 0 spiro atoms. The summed E-state index contributed by atoms with van der Waals surface area (Å²) in [5.41, 5.74) is 0.334. The standard InChI is InChI=1S/C28H24ClF5N2O4/c29-20-6-8-22(40-27(31)32)23(24(20)30)17-3-7-21(35-14-17)19(13-15-9-11-28(33,34)12-10-15)25(37)36-18-4-1-16(2-5-18)26(38)39/h1-8,14-15,19,27H,9-13H2,(H,36,37)(H,38,39). The molecule has 1 saturated carbocycles. The number of carboxylic acids is 1. The maximum Gasteiger partial charge on any atom is 0.387 e. The Labute approximate surface area is 231 Å². The molecule has 1 aromatic heterocycles. The molecule has 4 rings (SSSR count). The average Bonchev–Trinajstić information content (AvgIpc) is 2.90. The van der Waals surface area contributed by atoms with E-state index < -0.39 is 41.9 Å². The minimum atomic E-state index is -3.22. The first-order valence-corrected chi connectivity index (χ1v) is 12.7. The van der Waals surface area contributed by atoms with Crippen molar-refractivity contribution in [3.8, 4) is 16.9 Å². The molecule has 0 bridgehead atoms. The zero-order chi connectivity index (χ0) is 29.0. The first-order valence-electron chi connectivity index (χ1n) is 12.3. The lowest BCUT2D eigenvalue weighted by atomic mass is 9.80. The normalized spacial score (nSPS) is 16.0. The van der Waals surface area contributed by atoms with Crippen molar-refractivity contribution in [2.24, 2.45) is 5.92 Å². The molecule has 0 radical (unpaired) electrons. The largest absolute Gasteiger partial charge is 0.478 e. The van der Waals surface area contributed by atoms with Gasteiger partial charge in [-0.15, -0.1) is 0 Å². The van der Waals surface area contributed by atoms with Crippen LogP contribution in [0.15, 0.2) is 54.7 Å². The van der Waals surface area contributed by atoms with E-state index in [1.54, 1.807) is 0 Å². The van der Waals surface area contributed by atoms with E-state index in [0.717, 1.165) is 12.1 Å². The van der Waals surface area contributed by atoms with Crippen molar-refractivity contribution >= 4 is 29.2 Å². The van der Waals surface area contributed by atoms with Gasteiger partial charge in [0.2, 0.25) is 11.8 Å². The van der Waals surface area contributed by atoms with Gasteiger partial charge >= 0.3 is 12.6 Å². The fourth-order valence-electron chi connectivity index (χ4n) is 4.71. The molecule has 1 aliphatic carbocycles. The van der Waals surface area contributed by atoms with Crippen LogP contribution in [0, 0.1) is 11.7 Å². The van der Waals surface area contributed by atoms with Crippen LogP contribution in [0.2, 0.25) is 5.02 Å². The van der Waals surface area contributed by atoms with Gasteiger partial charge in [0.25, 0.3) is 0 Å². The number of halogens is 6. The minimum Gasteiger partial charge on any atom is -0.478 e. The number of carboxylic acid groups (broad SMARTS) is 1. The Morgan fingerprint density at radius 1 is 1.07 bits per heavy atom. The summed E-state index contributed by atoms with van der Waals surface area (Å²) in [6.45, 7) is -3.22. The van der Waals surface area contributed by atoms with Gasteiger partial charge < -0.3 is 15.2 Å². The van der Waals surface area contributed by atoms with Gasteiger partial charge in [0.05, 0.1) is 27.8 Å². The lowest BCUT2D eigenvalue weighted by Crippen LogP contribution is -2.29. The Bertz CT molecular complexity index is 1360. The maximum atomic E-state index is 14.8. The summed E-state index contributed by atoms with van der Waals surface area (Å²) < 4.78 is 72.5. The average molecular weight is 583 g/mol.